The summed E-state index contributed by atoms with van der Waals surface area (Å²) < 4.78 is 24.2. The Morgan fingerprint density at radius 1 is 1.36 bits per heavy atom. The summed E-state index contributed by atoms with van der Waals surface area (Å²) >= 11 is 1.97. The van der Waals surface area contributed by atoms with Gasteiger partial charge in [0, 0.05) is 3.57 Å². The molecule has 14 heavy (non-hydrogen) atoms. The molecule has 6 heteroatoms. The number of benzene rings is 1. The van der Waals surface area contributed by atoms with Gasteiger partial charge >= 0.3 is 0 Å². The molecule has 0 aromatic heterocycles. The smallest absolute Gasteiger partial charge is 0.265 e. The van der Waals surface area contributed by atoms with Crippen molar-refractivity contribution in [1.82, 2.24) is 4.72 Å². The predicted molar refractivity (Wildman–Crippen MR) is 61.5 cm³/mol. The Hall–Kier alpha value is -0.630. The van der Waals surface area contributed by atoms with Crippen LogP contribution in [0.5, 0.6) is 0 Å². The molecule has 4 nitrogen and oxygen atoms in total. The van der Waals surface area contributed by atoms with Crippen molar-refractivity contribution in [3.05, 3.63) is 33.4 Å². The van der Waals surface area contributed by atoms with Crippen molar-refractivity contribution < 1.29 is 13.2 Å². The lowest BCUT2D eigenvalue weighted by Crippen LogP contribution is -2.29. The lowest BCUT2D eigenvalue weighted by atomic mass is 10.2. The Bertz CT molecular complexity index is 455. The van der Waals surface area contributed by atoms with Gasteiger partial charge in [0.2, 0.25) is 10.0 Å². The topological polar surface area (TPSA) is 63.2 Å². The molecule has 0 aliphatic heterocycles. The van der Waals surface area contributed by atoms with E-state index in [0.717, 1.165) is 6.26 Å². The average molecular weight is 325 g/mol. The number of carbonyl (C=O) groups is 1. The lowest BCUT2D eigenvalue weighted by molar-refractivity contribution is 0.0981. The van der Waals surface area contributed by atoms with Gasteiger partial charge in [-0.25, -0.2) is 13.1 Å². The summed E-state index contributed by atoms with van der Waals surface area (Å²) in [7, 11) is -3.49. The van der Waals surface area contributed by atoms with Gasteiger partial charge < -0.3 is 0 Å². The number of hydrogen-bond donors (Lipinski definition) is 1. The summed E-state index contributed by atoms with van der Waals surface area (Å²) in [5, 5.41) is 0. The zero-order chi connectivity index (χ0) is 10.8. The fourth-order valence-corrected chi connectivity index (χ4v) is 1.95. The van der Waals surface area contributed by atoms with Crippen LogP contribution >= 0.6 is 22.6 Å². The number of nitrogens with one attached hydrogen (secondary N) is 1. The molecule has 0 spiro atoms. The van der Waals surface area contributed by atoms with E-state index in [1.807, 2.05) is 27.3 Å². The van der Waals surface area contributed by atoms with Crippen LogP contribution in [0.15, 0.2) is 24.3 Å². The molecule has 0 fully saturated rings. The highest BCUT2D eigenvalue weighted by Crippen LogP contribution is 2.11. The van der Waals surface area contributed by atoms with E-state index in [-0.39, 0.29) is 0 Å². The van der Waals surface area contributed by atoms with E-state index < -0.39 is 15.9 Å². The number of hydrogen-bond acceptors (Lipinski definition) is 3. The van der Waals surface area contributed by atoms with Gasteiger partial charge in [-0.2, -0.15) is 0 Å². The Morgan fingerprint density at radius 3 is 2.43 bits per heavy atom. The second-order valence-electron chi connectivity index (χ2n) is 2.68. The lowest BCUT2D eigenvalue weighted by Gasteiger charge is -2.03. The molecule has 76 valence electrons. The second-order valence-corrected chi connectivity index (χ2v) is 5.59. The Kier molecular flexibility index (Phi) is 3.48. The summed E-state index contributed by atoms with van der Waals surface area (Å²) in [4.78, 5) is 11.4. The van der Waals surface area contributed by atoms with Crippen molar-refractivity contribution in [2.24, 2.45) is 0 Å². The van der Waals surface area contributed by atoms with E-state index in [4.69, 9.17) is 0 Å². The Morgan fingerprint density at radius 2 is 1.93 bits per heavy atom. The number of carbonyl (C=O) groups excluding carboxylic acids is 1. The highest BCUT2D eigenvalue weighted by molar-refractivity contribution is 14.1. The Labute approximate surface area is 95.9 Å². The van der Waals surface area contributed by atoms with E-state index in [9.17, 15) is 13.2 Å². The highest BCUT2D eigenvalue weighted by Gasteiger charge is 2.12. The second kappa shape index (κ2) is 4.26. The van der Waals surface area contributed by atoms with E-state index in [0.29, 0.717) is 9.13 Å². The van der Waals surface area contributed by atoms with Crippen LogP contribution in [0, 0.1) is 3.57 Å². The van der Waals surface area contributed by atoms with Crippen LogP contribution < -0.4 is 4.72 Å². The van der Waals surface area contributed by atoms with Gasteiger partial charge in [0.25, 0.3) is 5.91 Å². The molecular formula is C8H8INO3S. The minimum atomic E-state index is -3.49. The fraction of sp³-hybridized carbons (Fsp3) is 0.125. The minimum Gasteiger partial charge on any atom is -0.268 e. The fourth-order valence-electron chi connectivity index (χ4n) is 0.869. The largest absolute Gasteiger partial charge is 0.268 e. The maximum absolute atomic E-state index is 11.4. The van der Waals surface area contributed by atoms with Gasteiger partial charge in [-0.1, -0.05) is 12.1 Å². The molecule has 0 heterocycles. The maximum Gasteiger partial charge on any atom is 0.265 e. The Balaban J connectivity index is 2.97. The van der Waals surface area contributed by atoms with Gasteiger partial charge in [0.1, 0.15) is 0 Å². The first-order valence-electron chi connectivity index (χ1n) is 3.67. The maximum atomic E-state index is 11.4. The molecule has 1 aromatic rings. The van der Waals surface area contributed by atoms with Crippen molar-refractivity contribution >= 4 is 38.5 Å². The highest BCUT2D eigenvalue weighted by atomic mass is 127. The van der Waals surface area contributed by atoms with Crippen LogP contribution in [0.1, 0.15) is 10.4 Å². The van der Waals surface area contributed by atoms with Gasteiger partial charge in [-0.15, -0.1) is 0 Å². The summed E-state index contributed by atoms with van der Waals surface area (Å²) in [6, 6.07) is 6.76. The number of sulfonamides is 1. The first-order chi connectivity index (χ1) is 6.40. The zero-order valence-corrected chi connectivity index (χ0v) is 10.3. The average Bonchev–Trinajstić information content (AvgIpc) is 2.01. The molecular weight excluding hydrogens is 317 g/mol. The molecule has 0 bridgehead atoms. The third-order valence-corrected chi connectivity index (χ3v) is 2.89. The third kappa shape index (κ3) is 3.26. The summed E-state index contributed by atoms with van der Waals surface area (Å²) in [5.74, 6) is -0.600. The van der Waals surface area contributed by atoms with E-state index in [1.54, 1.807) is 24.3 Å². The molecule has 0 radical (unpaired) electrons. The van der Waals surface area contributed by atoms with Crippen LogP contribution in [0.25, 0.3) is 0 Å². The first-order valence-corrected chi connectivity index (χ1v) is 6.64. The molecule has 1 rings (SSSR count). The van der Waals surface area contributed by atoms with Crippen molar-refractivity contribution in [3.8, 4) is 0 Å². The van der Waals surface area contributed by atoms with Crippen LogP contribution in [-0.2, 0) is 10.0 Å². The van der Waals surface area contributed by atoms with Crippen molar-refractivity contribution in [3.63, 3.8) is 0 Å². The van der Waals surface area contributed by atoms with Gasteiger partial charge in [-0.05, 0) is 34.7 Å². The van der Waals surface area contributed by atoms with E-state index in [1.165, 1.54) is 0 Å². The van der Waals surface area contributed by atoms with E-state index >= 15 is 0 Å². The van der Waals surface area contributed by atoms with Crippen LogP contribution in [0.4, 0.5) is 0 Å². The molecule has 1 N–H and O–H groups in total. The monoisotopic (exact) mass is 325 g/mol. The van der Waals surface area contributed by atoms with Crippen molar-refractivity contribution in [2.45, 2.75) is 0 Å². The zero-order valence-electron chi connectivity index (χ0n) is 7.32. The summed E-state index contributed by atoms with van der Waals surface area (Å²) in [6.07, 6.45) is 0.945. The number of amides is 1. The molecule has 0 unspecified atom stereocenters. The molecule has 1 aromatic carbocycles. The predicted octanol–water partition coefficient (Wildman–Crippen LogP) is 0.981. The summed E-state index contributed by atoms with van der Waals surface area (Å²) in [6.45, 7) is 0. The van der Waals surface area contributed by atoms with E-state index in [2.05, 4.69) is 0 Å². The molecule has 0 saturated heterocycles. The quantitative estimate of drug-likeness (QED) is 0.825. The standard InChI is InChI=1S/C8H8INO3S/c1-14(12,13)10-8(11)6-4-2-3-5-7(6)9/h2-5H,1H3,(H,10,11). The molecule has 0 aliphatic rings. The first kappa shape index (κ1) is 11.4. The number of rotatable bonds is 2. The molecule has 0 aliphatic carbocycles. The molecule has 0 atom stereocenters. The number of halogens is 1. The third-order valence-electron chi connectivity index (χ3n) is 1.40. The van der Waals surface area contributed by atoms with Crippen LogP contribution in [-0.4, -0.2) is 20.6 Å². The van der Waals surface area contributed by atoms with Crippen molar-refractivity contribution in [1.29, 1.82) is 0 Å². The SMILES string of the molecule is CS(=O)(=O)NC(=O)c1ccccc1I. The van der Waals surface area contributed by atoms with Crippen LogP contribution in [0.2, 0.25) is 0 Å². The summed E-state index contributed by atoms with van der Waals surface area (Å²) in [5.41, 5.74) is 0.360. The van der Waals surface area contributed by atoms with Gasteiger partial charge in [0.15, 0.2) is 0 Å². The van der Waals surface area contributed by atoms with Gasteiger partial charge in [0.05, 0.1) is 11.8 Å². The van der Waals surface area contributed by atoms with Gasteiger partial charge in [-0.3, -0.25) is 4.79 Å². The molecule has 1 amide bonds. The molecule has 0 saturated carbocycles. The van der Waals surface area contributed by atoms with Crippen molar-refractivity contribution in [2.75, 3.05) is 6.26 Å². The van der Waals surface area contributed by atoms with Crippen LogP contribution in [0.3, 0.4) is 0 Å². The minimum absolute atomic E-state index is 0.360. The normalized spacial score (nSPS) is 11.0.